The number of aromatic carboxylic acids is 1. The van der Waals surface area contributed by atoms with E-state index in [9.17, 15) is 9.59 Å². The Morgan fingerprint density at radius 2 is 2.00 bits per heavy atom. The van der Waals surface area contributed by atoms with Crippen molar-refractivity contribution in [3.05, 3.63) is 51.7 Å². The number of thiophene rings is 1. The molecule has 0 fully saturated rings. The van der Waals surface area contributed by atoms with Gasteiger partial charge in [-0.3, -0.25) is 4.79 Å². The highest BCUT2D eigenvalue weighted by molar-refractivity contribution is 7.12. The Kier molecular flexibility index (Phi) is 3.97. The van der Waals surface area contributed by atoms with Crippen molar-refractivity contribution < 1.29 is 14.7 Å². The molecule has 4 nitrogen and oxygen atoms in total. The number of rotatable bonds is 4. The molecule has 19 heavy (non-hydrogen) atoms. The van der Waals surface area contributed by atoms with Gasteiger partial charge < -0.3 is 10.4 Å². The number of amides is 1. The zero-order valence-electron chi connectivity index (χ0n) is 10.3. The fourth-order valence-corrected chi connectivity index (χ4v) is 2.44. The predicted molar refractivity (Wildman–Crippen MR) is 74.8 cm³/mol. The summed E-state index contributed by atoms with van der Waals surface area (Å²) >= 11 is 1.09. The van der Waals surface area contributed by atoms with E-state index in [0.717, 1.165) is 22.5 Å². The van der Waals surface area contributed by atoms with Crippen LogP contribution in [-0.4, -0.2) is 17.0 Å². The van der Waals surface area contributed by atoms with Crippen LogP contribution in [0.25, 0.3) is 0 Å². The molecule has 0 atom stereocenters. The van der Waals surface area contributed by atoms with Gasteiger partial charge in [0.1, 0.15) is 4.88 Å². The first-order valence-corrected chi connectivity index (χ1v) is 6.61. The number of benzene rings is 1. The molecule has 0 aliphatic carbocycles. The van der Waals surface area contributed by atoms with Crippen molar-refractivity contribution in [1.29, 1.82) is 0 Å². The minimum atomic E-state index is -1.03. The second-order valence-electron chi connectivity index (χ2n) is 4.12. The first kappa shape index (κ1) is 13.3. The van der Waals surface area contributed by atoms with E-state index in [1.165, 1.54) is 0 Å². The van der Waals surface area contributed by atoms with Crippen molar-refractivity contribution in [3.8, 4) is 0 Å². The van der Waals surface area contributed by atoms with Gasteiger partial charge in [0, 0.05) is 0 Å². The van der Waals surface area contributed by atoms with Crippen LogP contribution >= 0.6 is 11.3 Å². The average molecular weight is 275 g/mol. The summed E-state index contributed by atoms with van der Waals surface area (Å²) in [6.45, 7) is 1.94. The summed E-state index contributed by atoms with van der Waals surface area (Å²) in [5.74, 6) is -1.24. The van der Waals surface area contributed by atoms with Crippen molar-refractivity contribution in [2.45, 2.75) is 13.3 Å². The highest BCUT2D eigenvalue weighted by atomic mass is 32.1. The lowest BCUT2D eigenvalue weighted by atomic mass is 10.1. The lowest BCUT2D eigenvalue weighted by molar-refractivity contribution is -0.115. The standard InChI is InChI=1S/C14H13NO3S/c1-9-4-2-3-5-10(9)8-12(16)15-11-6-7-19-13(11)14(17)18/h2-7H,8H2,1H3,(H,15,16)(H,17,18). The number of carbonyl (C=O) groups is 2. The van der Waals surface area contributed by atoms with Crippen LogP contribution in [0.15, 0.2) is 35.7 Å². The van der Waals surface area contributed by atoms with Crippen molar-refractivity contribution in [1.82, 2.24) is 0 Å². The predicted octanol–water partition coefficient (Wildman–Crippen LogP) is 2.94. The Labute approximate surface area is 114 Å². The summed E-state index contributed by atoms with van der Waals surface area (Å²) < 4.78 is 0. The summed E-state index contributed by atoms with van der Waals surface area (Å²) in [7, 11) is 0. The van der Waals surface area contributed by atoms with Gasteiger partial charge in [0.2, 0.25) is 5.91 Å². The first-order valence-electron chi connectivity index (χ1n) is 5.73. The van der Waals surface area contributed by atoms with Crippen molar-refractivity contribution >= 4 is 28.9 Å². The zero-order chi connectivity index (χ0) is 13.8. The second kappa shape index (κ2) is 5.67. The minimum absolute atomic E-state index is 0.151. The van der Waals surface area contributed by atoms with E-state index in [2.05, 4.69) is 5.32 Å². The van der Waals surface area contributed by atoms with Gasteiger partial charge in [0.25, 0.3) is 0 Å². The van der Waals surface area contributed by atoms with Crippen LogP contribution < -0.4 is 5.32 Å². The second-order valence-corrected chi connectivity index (χ2v) is 5.04. The first-order chi connectivity index (χ1) is 9.08. The summed E-state index contributed by atoms with van der Waals surface area (Å²) in [6.07, 6.45) is 0.238. The Morgan fingerprint density at radius 3 is 2.68 bits per heavy atom. The summed E-state index contributed by atoms with van der Waals surface area (Å²) in [6, 6.07) is 9.22. The number of anilines is 1. The maximum absolute atomic E-state index is 11.9. The number of carboxylic acid groups (broad SMARTS) is 1. The molecule has 5 heteroatoms. The third-order valence-electron chi connectivity index (χ3n) is 2.75. The van der Waals surface area contributed by atoms with Crippen molar-refractivity contribution in [2.24, 2.45) is 0 Å². The molecule has 1 aromatic heterocycles. The summed E-state index contributed by atoms with van der Waals surface area (Å²) in [5.41, 5.74) is 2.34. The quantitative estimate of drug-likeness (QED) is 0.901. The molecule has 0 saturated heterocycles. The van der Waals surface area contributed by atoms with E-state index in [1.54, 1.807) is 11.4 Å². The molecule has 0 aliphatic heterocycles. The third-order valence-corrected chi connectivity index (χ3v) is 3.65. The number of nitrogens with one attached hydrogen (secondary N) is 1. The molecular weight excluding hydrogens is 262 g/mol. The molecule has 2 N–H and O–H groups in total. The van der Waals surface area contributed by atoms with E-state index in [4.69, 9.17) is 5.11 Å². The maximum atomic E-state index is 11.9. The number of hydrogen-bond acceptors (Lipinski definition) is 3. The van der Waals surface area contributed by atoms with Crippen LogP contribution in [0.5, 0.6) is 0 Å². The van der Waals surface area contributed by atoms with Gasteiger partial charge in [-0.25, -0.2) is 4.79 Å². The molecule has 0 radical (unpaired) electrons. The fourth-order valence-electron chi connectivity index (χ4n) is 1.75. The van der Waals surface area contributed by atoms with Crippen molar-refractivity contribution in [2.75, 3.05) is 5.32 Å². The fraction of sp³-hybridized carbons (Fsp3) is 0.143. The Hall–Kier alpha value is -2.14. The molecule has 0 saturated carbocycles. The molecule has 98 valence electrons. The molecule has 0 aliphatic rings. The van der Waals surface area contributed by atoms with Crippen LogP contribution in [0, 0.1) is 6.92 Å². The highest BCUT2D eigenvalue weighted by Crippen LogP contribution is 2.22. The number of carbonyl (C=O) groups excluding carboxylic acids is 1. The Bertz CT molecular complexity index is 619. The molecule has 0 bridgehead atoms. The van der Waals surface area contributed by atoms with Gasteiger partial charge in [-0.2, -0.15) is 0 Å². The van der Waals surface area contributed by atoms with Gasteiger partial charge in [-0.1, -0.05) is 24.3 Å². The van der Waals surface area contributed by atoms with Gasteiger partial charge in [-0.05, 0) is 29.5 Å². The number of carboxylic acids is 1. The van der Waals surface area contributed by atoms with Gasteiger partial charge in [0.05, 0.1) is 12.1 Å². The lowest BCUT2D eigenvalue weighted by Gasteiger charge is -2.06. The number of hydrogen-bond donors (Lipinski definition) is 2. The average Bonchev–Trinajstić information content (AvgIpc) is 2.80. The summed E-state index contributed by atoms with van der Waals surface area (Å²) in [5, 5.41) is 13.2. The third kappa shape index (κ3) is 3.20. The molecule has 1 amide bonds. The Morgan fingerprint density at radius 1 is 1.26 bits per heavy atom. The van der Waals surface area contributed by atoms with E-state index in [0.29, 0.717) is 5.69 Å². The number of aryl methyl sites for hydroxylation is 1. The van der Waals surface area contributed by atoms with Gasteiger partial charge in [-0.15, -0.1) is 11.3 Å². The van der Waals surface area contributed by atoms with Gasteiger partial charge in [0.15, 0.2) is 0 Å². The highest BCUT2D eigenvalue weighted by Gasteiger charge is 2.14. The largest absolute Gasteiger partial charge is 0.477 e. The van der Waals surface area contributed by atoms with E-state index in [1.807, 2.05) is 31.2 Å². The van der Waals surface area contributed by atoms with Crippen LogP contribution in [0.3, 0.4) is 0 Å². The Balaban J connectivity index is 2.08. The summed E-state index contributed by atoms with van der Waals surface area (Å²) in [4.78, 5) is 23.0. The molecule has 2 aromatic rings. The van der Waals surface area contributed by atoms with E-state index < -0.39 is 5.97 Å². The molecule has 0 unspecified atom stereocenters. The molecular formula is C14H13NO3S. The topological polar surface area (TPSA) is 66.4 Å². The van der Waals surface area contributed by atoms with Crippen molar-refractivity contribution in [3.63, 3.8) is 0 Å². The smallest absolute Gasteiger partial charge is 0.348 e. The zero-order valence-corrected chi connectivity index (χ0v) is 11.2. The monoisotopic (exact) mass is 275 g/mol. The van der Waals surface area contributed by atoms with Gasteiger partial charge >= 0.3 is 5.97 Å². The van der Waals surface area contributed by atoms with Crippen LogP contribution in [0.2, 0.25) is 0 Å². The molecule has 0 spiro atoms. The van der Waals surface area contributed by atoms with Crippen LogP contribution in [-0.2, 0) is 11.2 Å². The maximum Gasteiger partial charge on any atom is 0.348 e. The minimum Gasteiger partial charge on any atom is -0.477 e. The molecule has 1 heterocycles. The normalized spacial score (nSPS) is 10.2. The molecule has 2 rings (SSSR count). The van der Waals surface area contributed by atoms with E-state index in [-0.39, 0.29) is 17.2 Å². The van der Waals surface area contributed by atoms with E-state index >= 15 is 0 Å². The van der Waals surface area contributed by atoms with Crippen LogP contribution in [0.1, 0.15) is 20.8 Å². The van der Waals surface area contributed by atoms with Crippen LogP contribution in [0.4, 0.5) is 5.69 Å². The SMILES string of the molecule is Cc1ccccc1CC(=O)Nc1ccsc1C(=O)O. The lowest BCUT2D eigenvalue weighted by Crippen LogP contribution is -2.16. The molecule has 1 aromatic carbocycles.